The molecule has 0 aliphatic carbocycles. The predicted octanol–water partition coefficient (Wildman–Crippen LogP) is 4.29. The van der Waals surface area contributed by atoms with Crippen LogP contribution in [-0.2, 0) is 16.8 Å². The summed E-state index contributed by atoms with van der Waals surface area (Å²) in [5.74, 6) is 0.578. The molecule has 2 aromatic heterocycles. The third-order valence-electron chi connectivity index (χ3n) is 6.01. The molecule has 0 fully saturated rings. The summed E-state index contributed by atoms with van der Waals surface area (Å²) in [6.07, 6.45) is 4.43. The Bertz CT molecular complexity index is 1220. The van der Waals surface area contributed by atoms with Gasteiger partial charge >= 0.3 is 0 Å². The van der Waals surface area contributed by atoms with Gasteiger partial charge in [0.15, 0.2) is 5.96 Å². The number of nitrogens with two attached hydrogens (primary N) is 1. The van der Waals surface area contributed by atoms with Crippen LogP contribution in [0.4, 0.5) is 0 Å². The monoisotopic (exact) mass is 496 g/mol. The summed E-state index contributed by atoms with van der Waals surface area (Å²) >= 11 is 5.07. The summed E-state index contributed by atoms with van der Waals surface area (Å²) in [6.45, 7) is 2.67. The Labute approximate surface area is 192 Å². The standard InChI is InChI=1S/C23H21BrN4O2S/c1-23(19-9-16(12-31-19)15-8-17(24)11-26-10-15)20(21(29)28(2)22(25)27-23)14-3-4-18-13(7-14)5-6-30-18/h3-4,7-12,20H,5-6H2,1-2H3,(H2,25,27)/t20-,23+/m0/s1. The zero-order valence-electron chi connectivity index (χ0n) is 17.1. The maximum Gasteiger partial charge on any atom is 0.239 e. The van der Waals surface area contributed by atoms with E-state index in [1.807, 2.05) is 31.3 Å². The van der Waals surface area contributed by atoms with Crippen LogP contribution in [0, 0.1) is 0 Å². The van der Waals surface area contributed by atoms with Crippen molar-refractivity contribution < 1.29 is 9.53 Å². The van der Waals surface area contributed by atoms with E-state index in [9.17, 15) is 4.79 Å². The predicted molar refractivity (Wildman–Crippen MR) is 125 cm³/mol. The quantitative estimate of drug-likeness (QED) is 0.586. The maximum atomic E-state index is 13.5. The van der Waals surface area contributed by atoms with E-state index >= 15 is 0 Å². The average molecular weight is 497 g/mol. The van der Waals surface area contributed by atoms with Gasteiger partial charge in [-0.15, -0.1) is 11.3 Å². The number of ether oxygens (including phenoxy) is 1. The highest BCUT2D eigenvalue weighted by Crippen LogP contribution is 2.47. The molecule has 0 saturated carbocycles. The minimum absolute atomic E-state index is 0.0621. The van der Waals surface area contributed by atoms with Gasteiger partial charge in [0.25, 0.3) is 0 Å². The molecule has 0 radical (unpaired) electrons. The lowest BCUT2D eigenvalue weighted by atomic mass is 9.77. The number of carbonyl (C=O) groups excluding carboxylic acids is 1. The van der Waals surface area contributed by atoms with Gasteiger partial charge in [0.05, 0.1) is 12.5 Å². The Morgan fingerprint density at radius 2 is 2.10 bits per heavy atom. The summed E-state index contributed by atoms with van der Waals surface area (Å²) in [4.78, 5) is 25.0. The van der Waals surface area contributed by atoms with Crippen molar-refractivity contribution >= 4 is 39.1 Å². The number of likely N-dealkylation sites (N-methyl/N-ethyl adjacent to an activating group) is 1. The van der Waals surface area contributed by atoms with Crippen LogP contribution >= 0.6 is 27.3 Å². The topological polar surface area (TPSA) is 80.8 Å². The van der Waals surface area contributed by atoms with Crippen molar-refractivity contribution in [1.82, 2.24) is 9.88 Å². The minimum Gasteiger partial charge on any atom is -0.493 e. The molecule has 1 aromatic carbocycles. The number of aromatic nitrogens is 1. The Morgan fingerprint density at radius 1 is 1.26 bits per heavy atom. The van der Waals surface area contributed by atoms with Gasteiger partial charge in [-0.3, -0.25) is 14.7 Å². The molecule has 0 saturated heterocycles. The fourth-order valence-corrected chi connectivity index (χ4v) is 5.72. The summed E-state index contributed by atoms with van der Waals surface area (Å²) < 4.78 is 6.57. The molecular weight excluding hydrogens is 476 g/mol. The number of guanidine groups is 1. The van der Waals surface area contributed by atoms with E-state index in [0.29, 0.717) is 6.61 Å². The van der Waals surface area contributed by atoms with Crippen molar-refractivity contribution in [3.05, 3.63) is 68.6 Å². The summed E-state index contributed by atoms with van der Waals surface area (Å²) in [5, 5.41) is 2.08. The molecule has 2 aliphatic rings. The number of halogens is 1. The van der Waals surface area contributed by atoms with Crippen molar-refractivity contribution in [1.29, 1.82) is 0 Å². The van der Waals surface area contributed by atoms with Gasteiger partial charge in [0.1, 0.15) is 11.3 Å². The molecule has 2 N–H and O–H groups in total. The molecule has 2 atom stereocenters. The van der Waals surface area contributed by atoms with Gasteiger partial charge in [0.2, 0.25) is 5.91 Å². The molecule has 4 heterocycles. The fraction of sp³-hybridized carbons (Fsp3) is 0.261. The van der Waals surface area contributed by atoms with E-state index in [2.05, 4.69) is 38.4 Å². The van der Waals surface area contributed by atoms with Crippen LogP contribution in [0.1, 0.15) is 28.8 Å². The van der Waals surface area contributed by atoms with Crippen LogP contribution in [0.25, 0.3) is 11.1 Å². The summed E-state index contributed by atoms with van der Waals surface area (Å²) in [6, 6.07) is 10.1. The van der Waals surface area contributed by atoms with E-state index in [-0.39, 0.29) is 11.9 Å². The van der Waals surface area contributed by atoms with E-state index in [1.54, 1.807) is 24.6 Å². The minimum atomic E-state index is -0.816. The number of fused-ring (bicyclic) bond motifs is 1. The van der Waals surface area contributed by atoms with E-state index in [0.717, 1.165) is 43.8 Å². The number of pyridine rings is 1. The van der Waals surface area contributed by atoms with Crippen molar-refractivity contribution in [2.75, 3.05) is 13.7 Å². The highest BCUT2D eigenvalue weighted by molar-refractivity contribution is 9.10. The third-order valence-corrected chi connectivity index (χ3v) is 7.60. The maximum absolute atomic E-state index is 13.5. The largest absolute Gasteiger partial charge is 0.493 e. The number of thiophene rings is 1. The zero-order valence-corrected chi connectivity index (χ0v) is 19.5. The highest BCUT2D eigenvalue weighted by Gasteiger charge is 2.48. The summed E-state index contributed by atoms with van der Waals surface area (Å²) in [7, 11) is 1.68. The number of hydrogen-bond acceptors (Lipinski definition) is 6. The van der Waals surface area contributed by atoms with Gasteiger partial charge in [-0.1, -0.05) is 12.1 Å². The average Bonchev–Trinajstić information content (AvgIpc) is 3.42. The van der Waals surface area contributed by atoms with Gasteiger partial charge in [-0.2, -0.15) is 0 Å². The molecule has 0 bridgehead atoms. The summed E-state index contributed by atoms with van der Waals surface area (Å²) in [5.41, 5.74) is 9.46. The smallest absolute Gasteiger partial charge is 0.239 e. The number of hydrogen-bond donors (Lipinski definition) is 1. The lowest BCUT2D eigenvalue weighted by Crippen LogP contribution is -2.52. The molecule has 0 unspecified atom stereocenters. The fourth-order valence-electron chi connectivity index (χ4n) is 4.30. The molecule has 3 aromatic rings. The molecule has 1 amide bonds. The van der Waals surface area contributed by atoms with Crippen molar-refractivity contribution in [3.63, 3.8) is 0 Å². The Balaban J connectivity index is 1.63. The van der Waals surface area contributed by atoms with Crippen LogP contribution in [0.2, 0.25) is 0 Å². The molecular formula is C23H21BrN4O2S. The normalized spacial score (nSPS) is 22.8. The van der Waals surface area contributed by atoms with Gasteiger partial charge in [0, 0.05) is 40.8 Å². The Hall–Kier alpha value is -2.71. The second-order valence-corrected chi connectivity index (χ2v) is 9.83. The molecule has 0 spiro atoms. The van der Waals surface area contributed by atoms with Gasteiger partial charge < -0.3 is 10.5 Å². The first-order valence-electron chi connectivity index (χ1n) is 9.95. The Morgan fingerprint density at radius 3 is 2.90 bits per heavy atom. The Kier molecular flexibility index (Phi) is 4.86. The zero-order chi connectivity index (χ0) is 21.8. The molecule has 158 valence electrons. The first-order valence-corrected chi connectivity index (χ1v) is 11.6. The van der Waals surface area contributed by atoms with E-state index in [4.69, 9.17) is 15.5 Å². The number of amides is 1. The van der Waals surface area contributed by atoms with Crippen LogP contribution in [-0.4, -0.2) is 35.4 Å². The molecule has 8 heteroatoms. The van der Waals surface area contributed by atoms with Gasteiger partial charge in [-0.25, -0.2) is 4.99 Å². The molecule has 2 aliphatic heterocycles. The van der Waals surface area contributed by atoms with Crippen molar-refractivity contribution in [2.45, 2.75) is 24.8 Å². The number of aliphatic imine (C=N–C) groups is 1. The number of rotatable bonds is 3. The van der Waals surface area contributed by atoms with Crippen LogP contribution in [0.3, 0.4) is 0 Å². The van der Waals surface area contributed by atoms with Crippen LogP contribution in [0.15, 0.2) is 57.6 Å². The SMILES string of the molecule is CN1C(=O)[C@H](c2ccc3c(c2)CCO3)[C@@](C)(c2cc(-c3cncc(Br)c3)cs2)N=C1N. The number of nitrogens with zero attached hydrogens (tertiary/aromatic N) is 3. The molecule has 31 heavy (non-hydrogen) atoms. The lowest BCUT2D eigenvalue weighted by molar-refractivity contribution is -0.130. The number of benzene rings is 1. The van der Waals surface area contributed by atoms with E-state index in [1.165, 1.54) is 4.90 Å². The number of carbonyl (C=O) groups is 1. The lowest BCUT2D eigenvalue weighted by Gasteiger charge is -2.40. The second-order valence-electron chi connectivity index (χ2n) is 8.00. The van der Waals surface area contributed by atoms with Crippen molar-refractivity contribution in [2.24, 2.45) is 10.7 Å². The third kappa shape index (κ3) is 3.34. The van der Waals surface area contributed by atoms with Gasteiger partial charge in [-0.05, 0) is 63.1 Å². The molecule has 6 nitrogen and oxygen atoms in total. The van der Waals surface area contributed by atoms with Crippen molar-refractivity contribution in [3.8, 4) is 16.9 Å². The second kappa shape index (κ2) is 7.46. The molecule has 5 rings (SSSR count). The first-order chi connectivity index (χ1) is 14.9. The first kappa shape index (κ1) is 20.2. The van der Waals surface area contributed by atoms with E-state index < -0.39 is 11.5 Å². The van der Waals surface area contributed by atoms with Crippen LogP contribution < -0.4 is 10.5 Å². The van der Waals surface area contributed by atoms with Crippen LogP contribution in [0.5, 0.6) is 5.75 Å². The highest BCUT2D eigenvalue weighted by atomic mass is 79.9.